The Morgan fingerprint density at radius 2 is 1.67 bits per heavy atom. The predicted octanol–water partition coefficient (Wildman–Crippen LogP) is 2.10. The summed E-state index contributed by atoms with van der Waals surface area (Å²) in [5.41, 5.74) is 8.20. The largest absolute Gasteiger partial charge is 0.505 e. The Kier molecular flexibility index (Phi) is 2.58. The number of phenols is 1. The van der Waals surface area contributed by atoms with Crippen molar-refractivity contribution >= 4 is 5.69 Å². The van der Waals surface area contributed by atoms with Gasteiger partial charge in [0.15, 0.2) is 0 Å². The standard InChI is InChI=1S/C10H15NO/c1-3-7-5-6-8(4-2)10(12)9(7)11/h5-6,12H,3-4,11H2,1-2H3. The number of nitrogen functional groups attached to an aromatic ring is 1. The number of hydrogen-bond acceptors (Lipinski definition) is 2. The summed E-state index contributed by atoms with van der Waals surface area (Å²) in [6.45, 7) is 4.02. The molecule has 0 heterocycles. The molecule has 0 radical (unpaired) electrons. The number of benzene rings is 1. The van der Waals surface area contributed by atoms with E-state index in [1.54, 1.807) is 0 Å². The van der Waals surface area contributed by atoms with E-state index in [1.807, 2.05) is 26.0 Å². The molecule has 2 nitrogen and oxygen atoms in total. The molecule has 2 heteroatoms. The zero-order chi connectivity index (χ0) is 9.14. The maximum absolute atomic E-state index is 9.58. The Hall–Kier alpha value is -1.18. The molecule has 1 rings (SSSR count). The maximum Gasteiger partial charge on any atom is 0.141 e. The highest BCUT2D eigenvalue weighted by Gasteiger charge is 2.06. The van der Waals surface area contributed by atoms with E-state index in [0.717, 1.165) is 24.0 Å². The van der Waals surface area contributed by atoms with Gasteiger partial charge in [-0.3, -0.25) is 0 Å². The zero-order valence-electron chi connectivity index (χ0n) is 7.59. The van der Waals surface area contributed by atoms with Gasteiger partial charge in [0.1, 0.15) is 5.75 Å². The van der Waals surface area contributed by atoms with Crippen molar-refractivity contribution in [2.75, 3.05) is 5.73 Å². The van der Waals surface area contributed by atoms with Crippen LogP contribution in [-0.4, -0.2) is 5.11 Å². The lowest BCUT2D eigenvalue weighted by molar-refractivity contribution is 0.471. The summed E-state index contributed by atoms with van der Waals surface area (Å²) in [6.07, 6.45) is 1.68. The van der Waals surface area contributed by atoms with Crippen LogP contribution in [0, 0.1) is 0 Å². The number of hydrogen-bond donors (Lipinski definition) is 2. The van der Waals surface area contributed by atoms with Crippen LogP contribution in [0.4, 0.5) is 5.69 Å². The van der Waals surface area contributed by atoms with Crippen molar-refractivity contribution in [3.05, 3.63) is 23.3 Å². The molecule has 0 amide bonds. The van der Waals surface area contributed by atoms with Gasteiger partial charge in [-0.25, -0.2) is 0 Å². The van der Waals surface area contributed by atoms with Gasteiger partial charge in [-0.05, 0) is 24.0 Å². The SMILES string of the molecule is CCc1ccc(CC)c(O)c1N. The smallest absolute Gasteiger partial charge is 0.141 e. The third-order valence-corrected chi connectivity index (χ3v) is 2.15. The van der Waals surface area contributed by atoms with E-state index in [0.29, 0.717) is 5.69 Å². The number of phenolic OH excluding ortho intramolecular Hbond substituents is 1. The zero-order valence-corrected chi connectivity index (χ0v) is 7.59. The maximum atomic E-state index is 9.58. The first-order valence-electron chi connectivity index (χ1n) is 4.29. The van der Waals surface area contributed by atoms with E-state index in [1.165, 1.54) is 0 Å². The average Bonchev–Trinajstić information content (AvgIpc) is 2.10. The summed E-state index contributed by atoms with van der Waals surface area (Å²) in [5.74, 6) is 0.261. The lowest BCUT2D eigenvalue weighted by Crippen LogP contribution is -1.95. The summed E-state index contributed by atoms with van der Waals surface area (Å²) in [4.78, 5) is 0. The quantitative estimate of drug-likeness (QED) is 0.520. The van der Waals surface area contributed by atoms with E-state index in [2.05, 4.69) is 0 Å². The third kappa shape index (κ3) is 1.37. The normalized spacial score (nSPS) is 10.2. The summed E-state index contributed by atoms with van der Waals surface area (Å²) in [7, 11) is 0. The van der Waals surface area contributed by atoms with Crippen LogP contribution in [0.25, 0.3) is 0 Å². The first-order valence-corrected chi connectivity index (χ1v) is 4.29. The van der Waals surface area contributed by atoms with Gasteiger partial charge in [0.05, 0.1) is 5.69 Å². The third-order valence-electron chi connectivity index (χ3n) is 2.15. The molecule has 0 spiro atoms. The van der Waals surface area contributed by atoms with Gasteiger partial charge < -0.3 is 10.8 Å². The Morgan fingerprint density at radius 3 is 2.17 bits per heavy atom. The molecule has 1 aromatic rings. The van der Waals surface area contributed by atoms with Crippen molar-refractivity contribution in [1.82, 2.24) is 0 Å². The van der Waals surface area contributed by atoms with Crippen LogP contribution >= 0.6 is 0 Å². The van der Waals surface area contributed by atoms with Gasteiger partial charge in [-0.15, -0.1) is 0 Å². The fourth-order valence-electron chi connectivity index (χ4n) is 1.29. The summed E-state index contributed by atoms with van der Waals surface area (Å²) in [5, 5.41) is 9.58. The van der Waals surface area contributed by atoms with Crippen LogP contribution in [0.15, 0.2) is 12.1 Å². The Labute approximate surface area is 73.0 Å². The van der Waals surface area contributed by atoms with Crippen LogP contribution in [0.2, 0.25) is 0 Å². The van der Waals surface area contributed by atoms with Crippen LogP contribution in [0.1, 0.15) is 25.0 Å². The highest BCUT2D eigenvalue weighted by atomic mass is 16.3. The van der Waals surface area contributed by atoms with Gasteiger partial charge in [-0.1, -0.05) is 26.0 Å². The summed E-state index contributed by atoms with van der Waals surface area (Å²) in [6, 6.07) is 3.92. The van der Waals surface area contributed by atoms with Crippen molar-refractivity contribution in [3.8, 4) is 5.75 Å². The lowest BCUT2D eigenvalue weighted by Gasteiger charge is -2.08. The molecule has 0 unspecified atom stereocenters. The van der Waals surface area contributed by atoms with Crippen molar-refractivity contribution in [3.63, 3.8) is 0 Å². The van der Waals surface area contributed by atoms with E-state index in [9.17, 15) is 5.11 Å². The number of rotatable bonds is 2. The van der Waals surface area contributed by atoms with Crippen molar-refractivity contribution in [2.45, 2.75) is 26.7 Å². The number of nitrogens with two attached hydrogens (primary N) is 1. The molecule has 66 valence electrons. The molecular weight excluding hydrogens is 150 g/mol. The second-order valence-electron chi connectivity index (χ2n) is 2.85. The first-order chi connectivity index (χ1) is 5.70. The van der Waals surface area contributed by atoms with Gasteiger partial charge in [0.2, 0.25) is 0 Å². The molecule has 3 N–H and O–H groups in total. The van der Waals surface area contributed by atoms with E-state index in [4.69, 9.17) is 5.73 Å². The first kappa shape index (κ1) is 8.91. The second kappa shape index (κ2) is 3.48. The number of aromatic hydroxyl groups is 1. The topological polar surface area (TPSA) is 46.2 Å². The summed E-state index contributed by atoms with van der Waals surface area (Å²) >= 11 is 0. The molecule has 0 aliphatic rings. The fourth-order valence-corrected chi connectivity index (χ4v) is 1.29. The minimum atomic E-state index is 0.261. The lowest BCUT2D eigenvalue weighted by atomic mass is 10.0. The predicted molar refractivity (Wildman–Crippen MR) is 51.3 cm³/mol. The van der Waals surface area contributed by atoms with E-state index >= 15 is 0 Å². The fraction of sp³-hybridized carbons (Fsp3) is 0.400. The molecule has 0 atom stereocenters. The Bertz CT molecular complexity index is 252. The van der Waals surface area contributed by atoms with Crippen molar-refractivity contribution in [1.29, 1.82) is 0 Å². The molecule has 12 heavy (non-hydrogen) atoms. The molecule has 0 fully saturated rings. The van der Waals surface area contributed by atoms with Gasteiger partial charge in [0.25, 0.3) is 0 Å². The number of aryl methyl sites for hydroxylation is 2. The highest BCUT2D eigenvalue weighted by molar-refractivity contribution is 5.61. The molecular formula is C10H15NO. The van der Waals surface area contributed by atoms with Crippen LogP contribution in [-0.2, 0) is 12.8 Å². The Balaban J connectivity index is 3.20. The van der Waals surface area contributed by atoms with E-state index in [-0.39, 0.29) is 5.75 Å². The van der Waals surface area contributed by atoms with Crippen LogP contribution in [0.5, 0.6) is 5.75 Å². The minimum Gasteiger partial charge on any atom is -0.505 e. The van der Waals surface area contributed by atoms with Gasteiger partial charge >= 0.3 is 0 Å². The molecule has 0 bridgehead atoms. The molecule has 1 aromatic carbocycles. The summed E-state index contributed by atoms with van der Waals surface area (Å²) < 4.78 is 0. The van der Waals surface area contributed by atoms with Crippen molar-refractivity contribution < 1.29 is 5.11 Å². The molecule has 0 aromatic heterocycles. The molecule has 0 aliphatic carbocycles. The highest BCUT2D eigenvalue weighted by Crippen LogP contribution is 2.28. The minimum absolute atomic E-state index is 0.261. The van der Waals surface area contributed by atoms with E-state index < -0.39 is 0 Å². The Morgan fingerprint density at radius 1 is 1.17 bits per heavy atom. The van der Waals surface area contributed by atoms with Crippen molar-refractivity contribution in [2.24, 2.45) is 0 Å². The van der Waals surface area contributed by atoms with Crippen LogP contribution < -0.4 is 5.73 Å². The monoisotopic (exact) mass is 165 g/mol. The molecule has 0 saturated carbocycles. The average molecular weight is 165 g/mol. The second-order valence-corrected chi connectivity index (χ2v) is 2.85. The van der Waals surface area contributed by atoms with Gasteiger partial charge in [-0.2, -0.15) is 0 Å². The van der Waals surface area contributed by atoms with Gasteiger partial charge in [0, 0.05) is 0 Å². The number of anilines is 1. The molecule has 0 saturated heterocycles. The molecule has 0 aliphatic heterocycles. The van der Waals surface area contributed by atoms with Crippen LogP contribution in [0.3, 0.4) is 0 Å².